The van der Waals surface area contributed by atoms with Crippen molar-refractivity contribution in [2.45, 2.75) is 64.4 Å². The topological polar surface area (TPSA) is 20.2 Å². The third-order valence-corrected chi connectivity index (χ3v) is 8.34. The molecule has 0 unspecified atom stereocenters. The highest BCUT2D eigenvalue weighted by Gasteiger charge is 2.63. The molecule has 6 atom stereocenters. The van der Waals surface area contributed by atoms with Gasteiger partial charge in [0.15, 0.2) is 0 Å². The van der Waals surface area contributed by atoms with Crippen molar-refractivity contribution in [1.82, 2.24) is 0 Å². The summed E-state index contributed by atoms with van der Waals surface area (Å²) in [6.07, 6.45) is 20.5. The van der Waals surface area contributed by atoms with Crippen LogP contribution in [0.3, 0.4) is 0 Å². The van der Waals surface area contributed by atoms with E-state index in [0.717, 1.165) is 32.1 Å². The summed E-state index contributed by atoms with van der Waals surface area (Å²) in [7, 11) is 0. The Hall–Kier alpha value is -1.26. The molecule has 0 aromatic rings. The van der Waals surface area contributed by atoms with Crippen molar-refractivity contribution >= 4 is 0 Å². The number of hydrogen-bond acceptors (Lipinski definition) is 1. The van der Waals surface area contributed by atoms with E-state index in [1.807, 2.05) is 0 Å². The lowest BCUT2D eigenvalue weighted by molar-refractivity contribution is -0.0880. The van der Waals surface area contributed by atoms with Crippen LogP contribution in [0.15, 0.2) is 36.0 Å². The van der Waals surface area contributed by atoms with Crippen molar-refractivity contribution in [2.24, 2.45) is 28.6 Å². The summed E-state index contributed by atoms with van der Waals surface area (Å²) in [5.74, 6) is 4.62. The van der Waals surface area contributed by atoms with E-state index in [0.29, 0.717) is 17.8 Å². The number of fused-ring (bicyclic) bond motifs is 5. The first kappa shape index (κ1) is 16.2. The second kappa shape index (κ2) is 5.12. The van der Waals surface area contributed by atoms with Crippen LogP contribution in [0.25, 0.3) is 0 Å². The first-order valence-electron chi connectivity index (χ1n) is 9.62. The van der Waals surface area contributed by atoms with Crippen LogP contribution in [-0.2, 0) is 0 Å². The van der Waals surface area contributed by atoms with Crippen LogP contribution in [0.1, 0.15) is 58.8 Å². The average molecular weight is 322 g/mol. The molecule has 1 nitrogen and oxygen atoms in total. The zero-order chi connectivity index (χ0) is 17.2. The summed E-state index contributed by atoms with van der Waals surface area (Å²) in [5, 5.41) is 11.1. The zero-order valence-electron chi connectivity index (χ0n) is 15.1. The quantitative estimate of drug-likeness (QED) is 0.530. The van der Waals surface area contributed by atoms with Crippen LogP contribution in [0, 0.1) is 40.9 Å². The largest absolute Gasteiger partial charge is 0.377 e. The van der Waals surface area contributed by atoms with Gasteiger partial charge in [-0.3, -0.25) is 0 Å². The van der Waals surface area contributed by atoms with Gasteiger partial charge in [-0.1, -0.05) is 36.6 Å². The molecule has 1 heteroatoms. The Morgan fingerprint density at radius 1 is 1.29 bits per heavy atom. The fourth-order valence-electron chi connectivity index (χ4n) is 6.81. The van der Waals surface area contributed by atoms with Gasteiger partial charge in [0.05, 0.1) is 0 Å². The van der Waals surface area contributed by atoms with E-state index >= 15 is 0 Å². The second-order valence-corrected chi connectivity index (χ2v) is 9.01. The number of rotatable bonds is 1. The van der Waals surface area contributed by atoms with Crippen LogP contribution >= 0.6 is 0 Å². The van der Waals surface area contributed by atoms with E-state index in [-0.39, 0.29) is 10.8 Å². The summed E-state index contributed by atoms with van der Waals surface area (Å²) in [5.41, 5.74) is 2.14. The maximum absolute atomic E-state index is 11.1. The maximum atomic E-state index is 11.1. The Bertz CT molecular complexity index is 677. The lowest BCUT2D eigenvalue weighted by atomic mass is 9.47. The number of hydrogen-bond donors (Lipinski definition) is 1. The SMILES string of the molecule is C#C[C@]1(O)CC[C@H]2[C@@H]3CC=C4C=C(C)CC[C@]4(C=C)[C@H]3CC[C@@]21C. The Labute approximate surface area is 146 Å². The minimum Gasteiger partial charge on any atom is -0.377 e. The van der Waals surface area contributed by atoms with Crippen molar-refractivity contribution in [3.8, 4) is 12.3 Å². The molecule has 4 aliphatic rings. The molecular weight excluding hydrogens is 292 g/mol. The Balaban J connectivity index is 1.76. The summed E-state index contributed by atoms with van der Waals surface area (Å²) in [4.78, 5) is 0. The van der Waals surface area contributed by atoms with Gasteiger partial charge in [0, 0.05) is 10.8 Å². The molecule has 0 radical (unpaired) electrons. The second-order valence-electron chi connectivity index (χ2n) is 9.01. The molecule has 0 aromatic carbocycles. The summed E-state index contributed by atoms with van der Waals surface area (Å²) >= 11 is 0. The predicted molar refractivity (Wildman–Crippen MR) is 99.1 cm³/mol. The standard InChI is InChI=1S/C23H30O/c1-5-22-13-9-16(3)15-17(22)7-8-18-19-11-14-23(24,6-2)21(19,4)12-10-20(18)22/h2,5,7,15,18-20,24H,1,8-14H2,3-4H3/t18-,19-,20-,21-,22-,23-/m0/s1. The summed E-state index contributed by atoms with van der Waals surface area (Å²) in [6.45, 7) is 8.78. The van der Waals surface area contributed by atoms with E-state index < -0.39 is 5.60 Å². The van der Waals surface area contributed by atoms with Crippen molar-refractivity contribution in [3.63, 3.8) is 0 Å². The highest BCUT2D eigenvalue weighted by Crippen LogP contribution is 2.67. The third kappa shape index (κ3) is 1.81. The van der Waals surface area contributed by atoms with Gasteiger partial charge in [-0.2, -0.15) is 0 Å². The van der Waals surface area contributed by atoms with Gasteiger partial charge < -0.3 is 5.11 Å². The lowest BCUT2D eigenvalue weighted by Crippen LogP contribution is -2.53. The highest BCUT2D eigenvalue weighted by atomic mass is 16.3. The van der Waals surface area contributed by atoms with E-state index in [1.54, 1.807) is 0 Å². The van der Waals surface area contributed by atoms with E-state index in [2.05, 4.69) is 44.6 Å². The molecule has 2 fully saturated rings. The molecule has 0 heterocycles. The molecule has 0 spiro atoms. The first-order chi connectivity index (χ1) is 11.4. The van der Waals surface area contributed by atoms with Crippen LogP contribution in [-0.4, -0.2) is 10.7 Å². The molecule has 24 heavy (non-hydrogen) atoms. The molecule has 0 amide bonds. The Morgan fingerprint density at radius 3 is 2.75 bits per heavy atom. The van der Waals surface area contributed by atoms with Crippen LogP contribution in [0.4, 0.5) is 0 Å². The number of aliphatic hydroxyl groups is 1. The molecule has 1 N–H and O–H groups in total. The number of allylic oxidation sites excluding steroid dienone is 5. The monoisotopic (exact) mass is 322 g/mol. The van der Waals surface area contributed by atoms with Gasteiger partial charge in [0.2, 0.25) is 0 Å². The minimum absolute atomic E-state index is 0.114. The first-order valence-corrected chi connectivity index (χ1v) is 9.62. The van der Waals surface area contributed by atoms with E-state index in [9.17, 15) is 5.11 Å². The maximum Gasteiger partial charge on any atom is 0.130 e. The van der Waals surface area contributed by atoms with Gasteiger partial charge >= 0.3 is 0 Å². The molecular formula is C23H30O. The van der Waals surface area contributed by atoms with E-state index in [1.165, 1.54) is 24.0 Å². The van der Waals surface area contributed by atoms with Crippen molar-refractivity contribution in [2.75, 3.05) is 0 Å². The van der Waals surface area contributed by atoms with Gasteiger partial charge in [-0.25, -0.2) is 0 Å². The Morgan fingerprint density at radius 2 is 2.04 bits per heavy atom. The van der Waals surface area contributed by atoms with Gasteiger partial charge in [-0.15, -0.1) is 13.0 Å². The average Bonchev–Trinajstić information content (AvgIpc) is 2.86. The van der Waals surface area contributed by atoms with E-state index in [4.69, 9.17) is 6.42 Å². The molecule has 4 aliphatic carbocycles. The zero-order valence-corrected chi connectivity index (χ0v) is 15.1. The van der Waals surface area contributed by atoms with Crippen LogP contribution < -0.4 is 0 Å². The molecule has 0 bridgehead atoms. The molecule has 128 valence electrons. The fraction of sp³-hybridized carbons (Fsp3) is 0.652. The van der Waals surface area contributed by atoms with Crippen molar-refractivity contribution < 1.29 is 5.11 Å². The Kier molecular flexibility index (Phi) is 3.46. The van der Waals surface area contributed by atoms with Gasteiger partial charge in [-0.05, 0) is 75.2 Å². The van der Waals surface area contributed by atoms with Gasteiger partial charge in [0.1, 0.15) is 5.60 Å². The van der Waals surface area contributed by atoms with Crippen molar-refractivity contribution in [3.05, 3.63) is 36.0 Å². The molecule has 2 saturated carbocycles. The van der Waals surface area contributed by atoms with Crippen LogP contribution in [0.5, 0.6) is 0 Å². The molecule has 0 saturated heterocycles. The minimum atomic E-state index is -0.906. The number of terminal acetylenes is 1. The fourth-order valence-corrected chi connectivity index (χ4v) is 6.81. The smallest absolute Gasteiger partial charge is 0.130 e. The normalized spacial score (nSPS) is 49.8. The summed E-state index contributed by atoms with van der Waals surface area (Å²) < 4.78 is 0. The molecule has 4 rings (SSSR count). The lowest BCUT2D eigenvalue weighted by Gasteiger charge is -2.57. The predicted octanol–water partition coefficient (Wildman–Crippen LogP) is 5.04. The third-order valence-electron chi connectivity index (χ3n) is 8.34. The van der Waals surface area contributed by atoms with Crippen molar-refractivity contribution in [1.29, 1.82) is 0 Å². The molecule has 0 aliphatic heterocycles. The summed E-state index contributed by atoms with van der Waals surface area (Å²) in [6, 6.07) is 0. The van der Waals surface area contributed by atoms with Crippen LogP contribution in [0.2, 0.25) is 0 Å². The molecule has 0 aromatic heterocycles. The van der Waals surface area contributed by atoms with Gasteiger partial charge in [0.25, 0.3) is 0 Å². The highest BCUT2D eigenvalue weighted by molar-refractivity contribution is 5.41.